The fraction of sp³-hybridized carbons (Fsp3) is 0.222. The molecule has 2 aromatic rings. The van der Waals surface area contributed by atoms with Gasteiger partial charge in [-0.1, -0.05) is 33.6 Å². The van der Waals surface area contributed by atoms with Crippen molar-refractivity contribution in [3.8, 4) is 0 Å². The first kappa shape index (κ1) is 15.7. The first-order valence-corrected chi connectivity index (χ1v) is 8.24. The molecule has 3 rings (SSSR count). The highest BCUT2D eigenvalue weighted by atomic mass is 79.9. The summed E-state index contributed by atoms with van der Waals surface area (Å²) in [7, 11) is 0. The number of aryl methyl sites for hydroxylation is 1. The molecule has 0 bridgehead atoms. The van der Waals surface area contributed by atoms with Gasteiger partial charge in [-0.2, -0.15) is 0 Å². The largest absolute Gasteiger partial charge is 0.383 e. The lowest BCUT2D eigenvalue weighted by atomic mass is 10.1. The summed E-state index contributed by atoms with van der Waals surface area (Å²) in [5, 5.41) is 3.28. The third kappa shape index (κ3) is 3.01. The number of nitrogens with zero attached hydrogens (tertiary/aromatic N) is 1. The van der Waals surface area contributed by atoms with Gasteiger partial charge in [0.1, 0.15) is 0 Å². The molecular weight excluding hydrogens is 356 g/mol. The third-order valence-corrected chi connectivity index (χ3v) is 4.38. The molecule has 0 atom stereocenters. The minimum absolute atomic E-state index is 0.301. The Morgan fingerprint density at radius 1 is 1.17 bits per heavy atom. The van der Waals surface area contributed by atoms with Crippen LogP contribution in [0.4, 0.5) is 11.4 Å². The molecule has 0 aromatic heterocycles. The molecule has 0 saturated heterocycles. The molecule has 23 heavy (non-hydrogen) atoms. The minimum atomic E-state index is -0.313. The van der Waals surface area contributed by atoms with Gasteiger partial charge in [-0.25, -0.2) is 4.90 Å². The topological polar surface area (TPSA) is 49.4 Å². The van der Waals surface area contributed by atoms with Crippen LogP contribution in [-0.2, 0) is 11.2 Å². The van der Waals surface area contributed by atoms with Gasteiger partial charge in [0.05, 0.1) is 11.4 Å². The molecule has 118 valence electrons. The summed E-state index contributed by atoms with van der Waals surface area (Å²) >= 11 is 3.47. The fourth-order valence-corrected chi connectivity index (χ4v) is 3.29. The van der Waals surface area contributed by atoms with Crippen LogP contribution >= 0.6 is 15.9 Å². The van der Waals surface area contributed by atoms with Crippen LogP contribution in [0.15, 0.2) is 40.9 Å². The van der Waals surface area contributed by atoms with Gasteiger partial charge in [-0.3, -0.25) is 9.59 Å². The summed E-state index contributed by atoms with van der Waals surface area (Å²) in [4.78, 5) is 26.3. The molecule has 2 aromatic carbocycles. The highest BCUT2D eigenvalue weighted by molar-refractivity contribution is 9.10. The molecule has 2 amide bonds. The van der Waals surface area contributed by atoms with Crippen LogP contribution in [0.25, 0.3) is 0 Å². The van der Waals surface area contributed by atoms with E-state index in [-0.39, 0.29) is 11.8 Å². The van der Waals surface area contributed by atoms with Gasteiger partial charge in [0.15, 0.2) is 0 Å². The highest BCUT2D eigenvalue weighted by Crippen LogP contribution is 2.37. The summed E-state index contributed by atoms with van der Waals surface area (Å²) in [5.41, 5.74) is 4.14. The fourth-order valence-electron chi connectivity index (χ4n) is 2.79. The lowest BCUT2D eigenvalue weighted by Crippen LogP contribution is -2.35. The maximum absolute atomic E-state index is 12.9. The standard InChI is InChI=1S/C18H17BrN2O2/c1-11-3-5-13(6-4-11)18(23)21(12(2)22)16-10-15(19)9-14-7-8-20-17(14)16/h3-6,9-10,20H,7-8H2,1-2H3. The average Bonchev–Trinajstić information content (AvgIpc) is 2.95. The Morgan fingerprint density at radius 3 is 2.52 bits per heavy atom. The zero-order valence-corrected chi connectivity index (χ0v) is 14.6. The molecule has 0 fully saturated rings. The van der Waals surface area contributed by atoms with Crippen molar-refractivity contribution in [3.63, 3.8) is 0 Å². The monoisotopic (exact) mass is 372 g/mol. The van der Waals surface area contributed by atoms with Gasteiger partial charge in [-0.05, 0) is 43.2 Å². The Balaban J connectivity index is 2.08. The van der Waals surface area contributed by atoms with Crippen LogP contribution in [0.5, 0.6) is 0 Å². The molecule has 5 heteroatoms. The quantitative estimate of drug-likeness (QED) is 0.868. The smallest absolute Gasteiger partial charge is 0.265 e. The summed E-state index contributed by atoms with van der Waals surface area (Å²) in [6.45, 7) is 4.18. The molecule has 1 aliphatic heterocycles. The van der Waals surface area contributed by atoms with Crippen molar-refractivity contribution in [2.45, 2.75) is 20.3 Å². The zero-order valence-electron chi connectivity index (χ0n) is 13.0. The lowest BCUT2D eigenvalue weighted by Gasteiger charge is -2.22. The molecular formula is C18H17BrN2O2. The van der Waals surface area contributed by atoms with Crippen LogP contribution in [0.3, 0.4) is 0 Å². The van der Waals surface area contributed by atoms with E-state index in [9.17, 15) is 9.59 Å². The van der Waals surface area contributed by atoms with E-state index in [0.717, 1.165) is 34.3 Å². The normalized spacial score (nSPS) is 12.5. The van der Waals surface area contributed by atoms with Crippen molar-refractivity contribution in [2.24, 2.45) is 0 Å². The summed E-state index contributed by atoms with van der Waals surface area (Å²) < 4.78 is 0.859. The number of carbonyl (C=O) groups excluding carboxylic acids is 2. The molecule has 1 heterocycles. The number of benzene rings is 2. The average molecular weight is 373 g/mol. The van der Waals surface area contributed by atoms with E-state index in [1.165, 1.54) is 11.8 Å². The van der Waals surface area contributed by atoms with Gasteiger partial charge in [0, 0.05) is 23.5 Å². The van der Waals surface area contributed by atoms with E-state index in [4.69, 9.17) is 0 Å². The summed E-state index contributed by atoms with van der Waals surface area (Å²) in [5.74, 6) is -0.615. The van der Waals surface area contributed by atoms with Crippen LogP contribution < -0.4 is 10.2 Å². The number of amides is 2. The maximum Gasteiger partial charge on any atom is 0.265 e. The van der Waals surface area contributed by atoms with Gasteiger partial charge in [0.25, 0.3) is 5.91 Å². The first-order chi connectivity index (χ1) is 11.0. The second kappa shape index (κ2) is 6.16. The first-order valence-electron chi connectivity index (χ1n) is 7.45. The second-order valence-electron chi connectivity index (χ2n) is 5.66. The molecule has 0 unspecified atom stereocenters. The minimum Gasteiger partial charge on any atom is -0.383 e. The van der Waals surface area contributed by atoms with E-state index in [0.29, 0.717) is 11.3 Å². The van der Waals surface area contributed by atoms with E-state index in [1.54, 1.807) is 12.1 Å². The number of hydrogen-bond donors (Lipinski definition) is 1. The number of halogens is 1. The van der Waals surface area contributed by atoms with Crippen molar-refractivity contribution in [2.75, 3.05) is 16.8 Å². The van der Waals surface area contributed by atoms with Crippen LogP contribution in [-0.4, -0.2) is 18.4 Å². The number of anilines is 2. The summed E-state index contributed by atoms with van der Waals surface area (Å²) in [6.07, 6.45) is 0.881. The molecule has 0 saturated carbocycles. The van der Waals surface area contributed by atoms with Crippen molar-refractivity contribution >= 4 is 39.1 Å². The van der Waals surface area contributed by atoms with Gasteiger partial charge >= 0.3 is 0 Å². The van der Waals surface area contributed by atoms with E-state index in [2.05, 4.69) is 21.2 Å². The van der Waals surface area contributed by atoms with Crippen molar-refractivity contribution in [1.82, 2.24) is 0 Å². The van der Waals surface area contributed by atoms with Crippen LogP contribution in [0, 0.1) is 6.92 Å². The third-order valence-electron chi connectivity index (χ3n) is 3.92. The van der Waals surface area contributed by atoms with E-state index < -0.39 is 0 Å². The van der Waals surface area contributed by atoms with E-state index in [1.807, 2.05) is 31.2 Å². The van der Waals surface area contributed by atoms with Gasteiger partial charge in [0.2, 0.25) is 5.91 Å². The number of fused-ring (bicyclic) bond motifs is 1. The Kier molecular flexibility index (Phi) is 4.22. The Hall–Kier alpha value is -2.14. The molecule has 4 nitrogen and oxygen atoms in total. The number of imide groups is 1. The van der Waals surface area contributed by atoms with Crippen LogP contribution in [0.1, 0.15) is 28.4 Å². The number of rotatable bonds is 2. The Morgan fingerprint density at radius 2 is 1.87 bits per heavy atom. The molecule has 0 radical (unpaired) electrons. The van der Waals surface area contributed by atoms with Gasteiger partial charge < -0.3 is 5.32 Å². The zero-order chi connectivity index (χ0) is 16.6. The molecule has 0 aliphatic carbocycles. The predicted molar refractivity (Wildman–Crippen MR) is 95.0 cm³/mol. The predicted octanol–water partition coefficient (Wildman–Crippen LogP) is 3.92. The second-order valence-corrected chi connectivity index (χ2v) is 6.58. The van der Waals surface area contributed by atoms with Crippen molar-refractivity contribution in [3.05, 3.63) is 57.6 Å². The van der Waals surface area contributed by atoms with Crippen LogP contribution in [0.2, 0.25) is 0 Å². The summed E-state index contributed by atoms with van der Waals surface area (Å²) in [6, 6.07) is 11.1. The lowest BCUT2D eigenvalue weighted by molar-refractivity contribution is -0.115. The maximum atomic E-state index is 12.9. The number of carbonyl (C=O) groups is 2. The molecule has 1 aliphatic rings. The Labute approximate surface area is 143 Å². The number of nitrogens with one attached hydrogen (secondary N) is 1. The van der Waals surface area contributed by atoms with Gasteiger partial charge in [-0.15, -0.1) is 0 Å². The molecule has 1 N–H and O–H groups in total. The highest BCUT2D eigenvalue weighted by Gasteiger charge is 2.27. The molecule has 0 spiro atoms. The van der Waals surface area contributed by atoms with Crippen molar-refractivity contribution < 1.29 is 9.59 Å². The van der Waals surface area contributed by atoms with Crippen molar-refractivity contribution in [1.29, 1.82) is 0 Å². The number of hydrogen-bond acceptors (Lipinski definition) is 3. The van der Waals surface area contributed by atoms with E-state index >= 15 is 0 Å². The Bertz CT molecular complexity index is 784. The SMILES string of the molecule is CC(=O)N(C(=O)c1ccc(C)cc1)c1cc(Br)cc2c1NCC2.